The van der Waals surface area contributed by atoms with Gasteiger partial charge in [0.15, 0.2) is 0 Å². The fourth-order valence-corrected chi connectivity index (χ4v) is 9.40. The van der Waals surface area contributed by atoms with Gasteiger partial charge in [-0.05, 0) is 84.4 Å². The van der Waals surface area contributed by atoms with Gasteiger partial charge in [-0.3, -0.25) is 28.6 Å². The molecule has 0 bridgehead atoms. The summed E-state index contributed by atoms with van der Waals surface area (Å²) in [5, 5.41) is 9.87. The lowest BCUT2D eigenvalue weighted by Gasteiger charge is -2.30. The van der Waals surface area contributed by atoms with Crippen LogP contribution in [0.15, 0.2) is 42.6 Å². The third kappa shape index (κ3) is 9.49. The number of aromatic nitrogens is 3. The number of nitrogens with one attached hydrogen (secondary N) is 3. The highest BCUT2D eigenvalue weighted by molar-refractivity contribution is 7.91. The molecule has 1 aromatic carbocycles. The number of hydrogen-bond donors (Lipinski definition) is 3. The van der Waals surface area contributed by atoms with Gasteiger partial charge in [0.05, 0.1) is 30.0 Å². The highest BCUT2D eigenvalue weighted by Gasteiger charge is 2.63. The zero-order chi connectivity index (χ0) is 44.8. The molecule has 3 fully saturated rings. The number of carbonyl (C=O) groups excluding carboxylic acids is 4. The van der Waals surface area contributed by atoms with Gasteiger partial charge in [0.1, 0.15) is 47.5 Å². The second-order valence-corrected chi connectivity index (χ2v) is 19.4. The van der Waals surface area contributed by atoms with Gasteiger partial charge in [0.2, 0.25) is 27.7 Å². The van der Waals surface area contributed by atoms with Crippen molar-refractivity contribution in [3.05, 3.63) is 53.9 Å². The molecule has 2 saturated carbocycles. The molecule has 2 aliphatic carbocycles. The average molecular weight is 888 g/mol. The van der Waals surface area contributed by atoms with Crippen LogP contribution >= 0.6 is 0 Å². The maximum atomic E-state index is 14.8. The van der Waals surface area contributed by atoms with Gasteiger partial charge in [0, 0.05) is 35.6 Å². The molecule has 3 N–H and O–H groups in total. The van der Waals surface area contributed by atoms with Crippen molar-refractivity contribution in [2.24, 2.45) is 5.92 Å². The van der Waals surface area contributed by atoms with Crippen LogP contribution in [0.3, 0.4) is 0 Å². The molecular weight excluding hydrogens is 836 g/mol. The van der Waals surface area contributed by atoms with Gasteiger partial charge in [-0.1, -0.05) is 25.0 Å². The van der Waals surface area contributed by atoms with Crippen molar-refractivity contribution >= 4 is 44.6 Å². The summed E-state index contributed by atoms with van der Waals surface area (Å²) in [6, 6.07) is 3.78. The minimum atomic E-state index is -4.58. The largest absolute Gasteiger partial charge is 0.496 e. The number of benzene rings is 1. The molecule has 16 nitrogen and oxygen atoms in total. The number of amides is 4. The molecular formula is C42H52F3N7O9S. The number of rotatable bonds is 11. The number of allylic oxidation sites excluding steroid dienone is 1. The lowest BCUT2D eigenvalue weighted by atomic mass is 10.0. The van der Waals surface area contributed by atoms with Gasteiger partial charge in [0.25, 0.3) is 11.8 Å². The summed E-state index contributed by atoms with van der Waals surface area (Å²) in [7, 11) is -2.53. The molecule has 4 aliphatic rings. The Morgan fingerprint density at radius 1 is 1.10 bits per heavy atom. The molecule has 3 aromatic rings. The summed E-state index contributed by atoms with van der Waals surface area (Å²) in [5.41, 5.74) is -0.702. The van der Waals surface area contributed by atoms with Crippen molar-refractivity contribution in [3.63, 3.8) is 0 Å². The first-order valence-electron chi connectivity index (χ1n) is 20.8. The summed E-state index contributed by atoms with van der Waals surface area (Å²) < 4.78 is 85.6. The molecule has 2 aliphatic heterocycles. The van der Waals surface area contributed by atoms with E-state index < -0.39 is 80.8 Å². The second kappa shape index (κ2) is 17.0. The molecule has 7 rings (SSSR count). The minimum absolute atomic E-state index is 0.0754. The van der Waals surface area contributed by atoms with Crippen LogP contribution in [-0.4, -0.2) is 106 Å². The quantitative estimate of drug-likeness (QED) is 0.227. The Morgan fingerprint density at radius 2 is 1.85 bits per heavy atom. The molecule has 336 valence electrons. The predicted molar refractivity (Wildman–Crippen MR) is 219 cm³/mol. The van der Waals surface area contributed by atoms with E-state index in [0.717, 1.165) is 12.3 Å². The van der Waals surface area contributed by atoms with Crippen molar-refractivity contribution in [2.75, 3.05) is 13.7 Å². The van der Waals surface area contributed by atoms with Gasteiger partial charge in [-0.2, -0.15) is 18.3 Å². The summed E-state index contributed by atoms with van der Waals surface area (Å²) >= 11 is 0. The summed E-state index contributed by atoms with van der Waals surface area (Å²) in [6.07, 6.45) is 2.34. The van der Waals surface area contributed by atoms with Crippen molar-refractivity contribution in [1.29, 1.82) is 0 Å². The number of carbonyl (C=O) groups is 4. The van der Waals surface area contributed by atoms with Crippen LogP contribution in [0.5, 0.6) is 17.4 Å². The minimum Gasteiger partial charge on any atom is -0.496 e. The molecule has 62 heavy (non-hydrogen) atoms. The van der Waals surface area contributed by atoms with Gasteiger partial charge >= 0.3 is 6.18 Å². The molecule has 1 saturated heterocycles. The van der Waals surface area contributed by atoms with Gasteiger partial charge in [-0.15, -0.1) is 0 Å². The van der Waals surface area contributed by atoms with Crippen LogP contribution in [-0.2, 0) is 31.0 Å². The number of halogens is 3. The van der Waals surface area contributed by atoms with Crippen molar-refractivity contribution in [2.45, 2.75) is 133 Å². The number of sulfonamides is 1. The van der Waals surface area contributed by atoms with Crippen molar-refractivity contribution in [1.82, 2.24) is 35.0 Å². The van der Waals surface area contributed by atoms with Crippen molar-refractivity contribution < 1.29 is 55.0 Å². The maximum Gasteiger partial charge on any atom is 0.408 e. The number of ether oxygens (including phenoxy) is 3. The molecule has 0 radical (unpaired) electrons. The number of fused-ring (bicyclic) bond motifs is 3. The molecule has 2 aromatic heterocycles. The highest BCUT2D eigenvalue weighted by Crippen LogP contribution is 2.48. The normalized spacial score (nSPS) is 25.7. The van der Waals surface area contributed by atoms with Crippen molar-refractivity contribution in [3.8, 4) is 17.4 Å². The number of aryl methyl sites for hydroxylation is 1. The standard InChI is InChI=1S/C42H52F3N7O9S/c1-24(2)60-34-20-33(28-13-14-32(59-5)25(3)35(28)47-34)61-27-19-31-37(54)48-41(39(56)50-62(57,58)40(4)16-17-40)21-26(41)11-9-7-6-8-10-12-30(38(55)52(31)22-27)46-36(53)29-15-18-51(49-29)23-42(43,44)45/h9,11,13-15,18,20,24,26-27,30-31H,6-8,10,12,16-17,19,21-23H2,1-5H3,(H,46,53)(H,48,54)(H,50,56)/b11-9-/t26-,27-,30+,31+,41-/m1/s1. The first-order chi connectivity index (χ1) is 29.2. The van der Waals surface area contributed by atoms with E-state index in [0.29, 0.717) is 71.2 Å². The molecule has 4 heterocycles. The molecule has 0 unspecified atom stereocenters. The van der Waals surface area contributed by atoms with Crippen LogP contribution in [0.25, 0.3) is 10.9 Å². The summed E-state index contributed by atoms with van der Waals surface area (Å²) in [5.74, 6) is -2.49. The van der Waals surface area contributed by atoms with E-state index >= 15 is 0 Å². The Bertz CT molecular complexity index is 2380. The fraction of sp³-hybridized carbons (Fsp3) is 0.571. The Kier molecular flexibility index (Phi) is 12.3. The van der Waals surface area contributed by atoms with E-state index in [-0.39, 0.29) is 43.5 Å². The lowest BCUT2D eigenvalue weighted by molar-refractivity contribution is -0.142. The smallest absolute Gasteiger partial charge is 0.408 e. The number of pyridine rings is 1. The van der Waals surface area contributed by atoms with E-state index in [1.165, 1.54) is 12.0 Å². The molecule has 4 amide bonds. The first kappa shape index (κ1) is 44.6. The zero-order valence-corrected chi connectivity index (χ0v) is 36.0. The second-order valence-electron chi connectivity index (χ2n) is 17.2. The Labute approximate surface area is 357 Å². The van der Waals surface area contributed by atoms with Gasteiger partial charge in [-0.25, -0.2) is 13.4 Å². The number of alkyl halides is 3. The number of methoxy groups -OCH3 is 1. The van der Waals surface area contributed by atoms with Crippen LogP contribution in [0.4, 0.5) is 13.2 Å². The van der Waals surface area contributed by atoms with E-state index in [2.05, 4.69) is 20.5 Å². The molecule has 0 spiro atoms. The highest BCUT2D eigenvalue weighted by atomic mass is 32.2. The van der Waals surface area contributed by atoms with Crippen LogP contribution in [0.1, 0.15) is 94.6 Å². The summed E-state index contributed by atoms with van der Waals surface area (Å²) in [4.78, 5) is 62.8. The molecule has 5 atom stereocenters. The van der Waals surface area contributed by atoms with Crippen LogP contribution < -0.4 is 29.6 Å². The van der Waals surface area contributed by atoms with Crippen LogP contribution in [0.2, 0.25) is 0 Å². The van der Waals surface area contributed by atoms with E-state index in [9.17, 15) is 40.8 Å². The predicted octanol–water partition coefficient (Wildman–Crippen LogP) is 4.64. The lowest BCUT2D eigenvalue weighted by Crippen LogP contribution is -2.58. The third-order valence-electron chi connectivity index (χ3n) is 12.0. The number of hydrogen-bond acceptors (Lipinski definition) is 11. The molecule has 20 heteroatoms. The maximum absolute atomic E-state index is 14.8. The number of nitrogens with zero attached hydrogens (tertiary/aromatic N) is 4. The monoisotopic (exact) mass is 887 g/mol. The fourth-order valence-electron chi connectivity index (χ4n) is 8.09. The van der Waals surface area contributed by atoms with E-state index in [4.69, 9.17) is 19.2 Å². The van der Waals surface area contributed by atoms with Gasteiger partial charge < -0.3 is 29.7 Å². The van der Waals surface area contributed by atoms with Crippen LogP contribution in [0, 0.1) is 12.8 Å². The topological polar surface area (TPSA) is 200 Å². The SMILES string of the molecule is COc1ccc2c(O[C@@H]3C[C@H]4C(=O)N[C@]5(C(=O)NS(=O)(=O)C6(C)CC6)C[C@H]5/C=C\CCCCC[C@H](NC(=O)c5ccn(CC(F)(F)F)n5)C(=O)N4C3)cc(OC(C)C)nc2c1C. The Hall–Kier alpha value is -5.40. The first-order valence-corrected chi connectivity index (χ1v) is 22.3. The third-order valence-corrected chi connectivity index (χ3v) is 14.1. The Balaban J connectivity index is 1.22. The van der Waals surface area contributed by atoms with E-state index in [1.54, 1.807) is 31.2 Å². The average Bonchev–Trinajstić information content (AvgIpc) is 3.99. The zero-order valence-electron chi connectivity index (χ0n) is 35.2. The van der Waals surface area contributed by atoms with E-state index in [1.807, 2.05) is 26.8 Å². The Morgan fingerprint density at radius 3 is 2.55 bits per heavy atom. The summed E-state index contributed by atoms with van der Waals surface area (Å²) in [6.45, 7) is 5.50.